The van der Waals surface area contributed by atoms with E-state index in [-0.39, 0.29) is 49.2 Å². The van der Waals surface area contributed by atoms with Crippen LogP contribution in [0.25, 0.3) is 77.7 Å². The van der Waals surface area contributed by atoms with Gasteiger partial charge in [0.1, 0.15) is 22.9 Å². The molecule has 0 fully saturated rings. The van der Waals surface area contributed by atoms with Crippen LogP contribution in [0.2, 0.25) is 0 Å². The van der Waals surface area contributed by atoms with Gasteiger partial charge in [0.15, 0.2) is 5.65 Å². The molecular formula is C61H75IrN8-. The molecule has 0 spiro atoms. The van der Waals surface area contributed by atoms with Crippen LogP contribution < -0.4 is 0 Å². The molecule has 0 aliphatic rings. The largest absolute Gasteiger partial charge is 0.333 e. The number of rotatable bonds is 6. The molecule has 8 nitrogen and oxygen atoms in total. The Hall–Kier alpha value is -5.63. The standard InChI is InChI=1S/C30H36N4.C30H35N4.CH4.Ir/c2*1-19-12-11-13-20(2)25(19)23-17-31-27-22-15-10-9-14-21(22)26-28(34(23)27)32-24(16-29(3,4)5)33(26)18-30(6,7)8;;/h9-15,17H,16,18H2,1-8H3;9-14,17H,16,18H2,1-8H3;1H4;/q;-1;;. The number of pyridine rings is 2. The van der Waals surface area contributed by atoms with Crippen LogP contribution in [0.3, 0.4) is 0 Å². The second-order valence-corrected chi connectivity index (χ2v) is 24.3. The van der Waals surface area contributed by atoms with Gasteiger partial charge in [-0.15, -0.1) is 24.3 Å². The van der Waals surface area contributed by atoms with E-state index >= 15 is 0 Å². The van der Waals surface area contributed by atoms with Crippen molar-refractivity contribution in [3.05, 3.63) is 131 Å². The van der Waals surface area contributed by atoms with Crippen LogP contribution in [0, 0.1) is 55.4 Å². The van der Waals surface area contributed by atoms with Gasteiger partial charge in [-0.25, -0.2) is 15.0 Å². The molecule has 0 aliphatic carbocycles. The van der Waals surface area contributed by atoms with Gasteiger partial charge in [-0.1, -0.05) is 162 Å². The third-order valence-electron chi connectivity index (χ3n) is 12.9. The van der Waals surface area contributed by atoms with E-state index < -0.39 is 0 Å². The van der Waals surface area contributed by atoms with Gasteiger partial charge in [-0.3, -0.25) is 9.38 Å². The van der Waals surface area contributed by atoms with E-state index in [1.807, 2.05) is 18.5 Å². The molecule has 0 saturated heterocycles. The maximum Gasteiger partial charge on any atom is 0.165 e. The van der Waals surface area contributed by atoms with Gasteiger partial charge in [-0.05, 0) is 71.6 Å². The number of benzene rings is 4. The summed E-state index contributed by atoms with van der Waals surface area (Å²) in [7, 11) is 0. The van der Waals surface area contributed by atoms with Crippen molar-refractivity contribution in [1.29, 1.82) is 0 Å². The number of fused-ring (bicyclic) bond motifs is 12. The molecule has 369 valence electrons. The Kier molecular flexibility index (Phi) is 14.1. The summed E-state index contributed by atoms with van der Waals surface area (Å²) in [5.41, 5.74) is 16.5. The molecule has 0 saturated carbocycles. The van der Waals surface area contributed by atoms with Crippen molar-refractivity contribution in [2.45, 2.75) is 144 Å². The van der Waals surface area contributed by atoms with Gasteiger partial charge >= 0.3 is 0 Å². The minimum atomic E-state index is 0. The van der Waals surface area contributed by atoms with Crippen molar-refractivity contribution in [3.63, 3.8) is 0 Å². The van der Waals surface area contributed by atoms with E-state index in [9.17, 15) is 0 Å². The zero-order valence-corrected chi connectivity index (χ0v) is 46.3. The first-order chi connectivity index (χ1) is 31.9. The minimum absolute atomic E-state index is 0. The van der Waals surface area contributed by atoms with E-state index in [0.717, 1.165) is 76.9 Å². The normalized spacial score (nSPS) is 12.6. The van der Waals surface area contributed by atoms with Crippen molar-refractivity contribution in [2.75, 3.05) is 0 Å². The van der Waals surface area contributed by atoms with Crippen molar-refractivity contribution in [2.24, 2.45) is 21.7 Å². The van der Waals surface area contributed by atoms with E-state index in [4.69, 9.17) is 19.9 Å². The summed E-state index contributed by atoms with van der Waals surface area (Å²) in [4.78, 5) is 20.6. The Morgan fingerprint density at radius 3 is 1.30 bits per heavy atom. The Morgan fingerprint density at radius 2 is 0.857 bits per heavy atom. The predicted molar refractivity (Wildman–Crippen MR) is 293 cm³/mol. The molecule has 0 N–H and O–H groups in total. The molecule has 0 bridgehead atoms. The van der Waals surface area contributed by atoms with Crippen molar-refractivity contribution >= 4 is 55.2 Å². The molecular weight excluding hydrogens is 1040 g/mol. The SMILES string of the molecule is C.Cc1cccc(C)c1-c1cnc2c3[c-]cccc3c3c(nc(CC(C)(C)C)n3CC(C)(C)C)n12.Cc1cccc(C)c1-c1cnc2c3ccccc3c3c(nc(CC(C)(C)C)n3CC(C)(C)C)n12.[Ir]. The fourth-order valence-corrected chi connectivity index (χ4v) is 10.3. The van der Waals surface area contributed by atoms with Gasteiger partial charge in [0.05, 0.1) is 28.7 Å². The average Bonchev–Trinajstić information content (AvgIpc) is 4.01. The van der Waals surface area contributed by atoms with Crippen LogP contribution in [-0.2, 0) is 46.0 Å². The van der Waals surface area contributed by atoms with Gasteiger partial charge in [0.25, 0.3) is 0 Å². The number of aryl methyl sites for hydroxylation is 4. The summed E-state index contributed by atoms with van der Waals surface area (Å²) < 4.78 is 9.52. The summed E-state index contributed by atoms with van der Waals surface area (Å²) >= 11 is 0. The molecule has 70 heavy (non-hydrogen) atoms. The second kappa shape index (κ2) is 18.8. The molecule has 4 aromatic carbocycles. The van der Waals surface area contributed by atoms with E-state index in [1.165, 1.54) is 60.6 Å². The van der Waals surface area contributed by atoms with Gasteiger partial charge in [0.2, 0.25) is 0 Å². The first-order valence-electron chi connectivity index (χ1n) is 24.5. The van der Waals surface area contributed by atoms with Crippen LogP contribution in [0.1, 0.15) is 124 Å². The van der Waals surface area contributed by atoms with E-state index in [0.29, 0.717) is 0 Å². The minimum Gasteiger partial charge on any atom is -0.333 e. The topological polar surface area (TPSA) is 70.2 Å². The Morgan fingerprint density at radius 1 is 0.457 bits per heavy atom. The third kappa shape index (κ3) is 9.86. The molecule has 0 amide bonds. The maximum absolute atomic E-state index is 5.36. The number of aromatic nitrogens is 8. The van der Waals surface area contributed by atoms with Gasteiger partial charge < -0.3 is 13.5 Å². The summed E-state index contributed by atoms with van der Waals surface area (Å²) in [6.45, 7) is 38.1. The fourth-order valence-electron chi connectivity index (χ4n) is 10.3. The van der Waals surface area contributed by atoms with Crippen LogP contribution in [0.4, 0.5) is 0 Å². The quantitative estimate of drug-likeness (QED) is 0.156. The van der Waals surface area contributed by atoms with Crippen molar-refractivity contribution in [1.82, 2.24) is 37.9 Å². The Balaban J connectivity index is 0.000000201. The fraction of sp³-hybridized carbons (Fsp3) is 0.410. The summed E-state index contributed by atoms with van der Waals surface area (Å²) in [6, 6.07) is 31.4. The molecule has 0 atom stereocenters. The Labute approximate surface area is 430 Å². The van der Waals surface area contributed by atoms with Crippen LogP contribution in [0.15, 0.2) is 91.3 Å². The van der Waals surface area contributed by atoms with Crippen LogP contribution >= 0.6 is 0 Å². The van der Waals surface area contributed by atoms with Gasteiger partial charge in [-0.2, -0.15) is 0 Å². The number of hydrogen-bond donors (Lipinski definition) is 0. The molecule has 9 heteroatoms. The first kappa shape index (κ1) is 52.2. The number of hydrogen-bond acceptors (Lipinski definition) is 4. The molecule has 1 radical (unpaired) electrons. The Bertz CT molecular complexity index is 3270. The van der Waals surface area contributed by atoms with Crippen molar-refractivity contribution < 1.29 is 20.1 Å². The molecule has 0 aliphatic heterocycles. The molecule has 6 heterocycles. The summed E-state index contributed by atoms with van der Waals surface area (Å²) in [5.74, 6) is 2.28. The summed E-state index contributed by atoms with van der Waals surface area (Å²) in [6.07, 6.45) is 5.87. The van der Waals surface area contributed by atoms with Gasteiger partial charge in [0, 0.05) is 79.6 Å². The van der Waals surface area contributed by atoms with Crippen LogP contribution in [-0.4, -0.2) is 37.9 Å². The maximum atomic E-state index is 5.36. The first-order valence-corrected chi connectivity index (χ1v) is 24.5. The van der Waals surface area contributed by atoms with E-state index in [2.05, 4.69) is 208 Å². The predicted octanol–water partition coefficient (Wildman–Crippen LogP) is 15.9. The zero-order valence-electron chi connectivity index (χ0n) is 43.9. The smallest absolute Gasteiger partial charge is 0.165 e. The molecule has 0 unspecified atom stereocenters. The average molecular weight is 1110 g/mol. The van der Waals surface area contributed by atoms with Crippen LogP contribution in [0.5, 0.6) is 0 Å². The number of nitrogens with zero attached hydrogens (tertiary/aromatic N) is 8. The molecule has 10 rings (SSSR count). The van der Waals surface area contributed by atoms with Crippen molar-refractivity contribution in [3.8, 4) is 22.5 Å². The second-order valence-electron chi connectivity index (χ2n) is 24.3. The third-order valence-corrected chi connectivity index (χ3v) is 12.9. The summed E-state index contributed by atoms with van der Waals surface area (Å²) in [5, 5.41) is 4.61. The molecule has 10 aromatic rings. The van der Waals surface area contributed by atoms with E-state index in [1.54, 1.807) is 0 Å². The zero-order chi connectivity index (χ0) is 48.8. The number of imidazole rings is 4. The molecule has 6 aromatic heterocycles. The monoisotopic (exact) mass is 1110 g/mol.